The van der Waals surface area contributed by atoms with Crippen LogP contribution in [-0.2, 0) is 22.4 Å². The zero-order chi connectivity index (χ0) is 17.1. The van der Waals surface area contributed by atoms with Crippen LogP contribution in [0.5, 0.6) is 0 Å². The lowest BCUT2D eigenvalue weighted by molar-refractivity contribution is -0.121. The monoisotopic (exact) mass is 322 g/mol. The van der Waals surface area contributed by atoms with Gasteiger partial charge in [0.2, 0.25) is 5.91 Å². The molecular formula is C20H22N2O2. The van der Waals surface area contributed by atoms with Crippen molar-refractivity contribution in [2.24, 2.45) is 0 Å². The molecule has 1 aliphatic heterocycles. The first-order chi connectivity index (χ1) is 11.7. The second-order valence-corrected chi connectivity index (χ2v) is 5.96. The van der Waals surface area contributed by atoms with Crippen LogP contribution in [-0.4, -0.2) is 17.9 Å². The molecule has 4 nitrogen and oxygen atoms in total. The normalized spacial score (nSPS) is 17.4. The number of carbonyl (C=O) groups is 2. The summed E-state index contributed by atoms with van der Waals surface area (Å²) in [5, 5.41) is 3.27. The topological polar surface area (TPSA) is 49.4 Å². The third-order valence-electron chi connectivity index (χ3n) is 4.49. The minimum Gasteiger partial charge on any atom is -0.373 e. The molecule has 4 heteroatoms. The minimum atomic E-state index is -0.505. The van der Waals surface area contributed by atoms with Crippen molar-refractivity contribution in [3.8, 4) is 0 Å². The van der Waals surface area contributed by atoms with Gasteiger partial charge in [-0.05, 0) is 36.1 Å². The number of nitrogens with one attached hydrogen (secondary N) is 1. The third kappa shape index (κ3) is 2.92. The fourth-order valence-corrected chi connectivity index (χ4v) is 3.18. The second kappa shape index (κ2) is 6.87. The standard InChI is InChI=1S/C20H22N2O2/c1-3-14-9-5-7-11-16(14)21-17-13-19(23)22(20(17)24)18-12-8-6-10-15(18)4-2/h5-12,17,21H,3-4,13H2,1-2H3/t17-/m1/s1. The Morgan fingerprint density at radius 1 is 0.958 bits per heavy atom. The van der Waals surface area contributed by atoms with Gasteiger partial charge in [-0.25, -0.2) is 4.90 Å². The summed E-state index contributed by atoms with van der Waals surface area (Å²) in [6.07, 6.45) is 1.85. The molecule has 24 heavy (non-hydrogen) atoms. The van der Waals surface area contributed by atoms with E-state index in [0.717, 1.165) is 29.7 Å². The van der Waals surface area contributed by atoms with Gasteiger partial charge in [0.1, 0.15) is 6.04 Å². The first kappa shape index (κ1) is 16.2. The Labute approximate surface area is 142 Å². The number of nitrogens with zero attached hydrogens (tertiary/aromatic N) is 1. The maximum atomic E-state index is 12.8. The van der Waals surface area contributed by atoms with Crippen molar-refractivity contribution >= 4 is 23.2 Å². The molecule has 0 radical (unpaired) electrons. The lowest BCUT2D eigenvalue weighted by Gasteiger charge is -2.19. The quantitative estimate of drug-likeness (QED) is 0.856. The van der Waals surface area contributed by atoms with E-state index in [9.17, 15) is 9.59 Å². The van der Waals surface area contributed by atoms with Crippen LogP contribution >= 0.6 is 0 Å². The molecule has 124 valence electrons. The molecule has 1 aliphatic rings. The van der Waals surface area contributed by atoms with Crippen molar-refractivity contribution in [3.63, 3.8) is 0 Å². The Morgan fingerprint density at radius 3 is 2.29 bits per heavy atom. The SMILES string of the molecule is CCc1ccccc1N[C@@H]1CC(=O)N(c2ccccc2CC)C1=O. The number of hydrogen-bond donors (Lipinski definition) is 1. The molecule has 0 aromatic heterocycles. The molecule has 1 saturated heterocycles. The van der Waals surface area contributed by atoms with E-state index in [2.05, 4.69) is 12.2 Å². The summed E-state index contributed by atoms with van der Waals surface area (Å²) in [5.41, 5.74) is 3.79. The average Bonchev–Trinajstić information content (AvgIpc) is 2.89. The Bertz CT molecular complexity index is 770. The van der Waals surface area contributed by atoms with Crippen molar-refractivity contribution in [1.82, 2.24) is 0 Å². The zero-order valence-electron chi connectivity index (χ0n) is 14.1. The number of carbonyl (C=O) groups excluding carboxylic acids is 2. The van der Waals surface area contributed by atoms with Crippen molar-refractivity contribution in [1.29, 1.82) is 0 Å². The number of hydrogen-bond acceptors (Lipinski definition) is 3. The van der Waals surface area contributed by atoms with Crippen LogP contribution in [0.1, 0.15) is 31.4 Å². The van der Waals surface area contributed by atoms with Crippen LogP contribution in [0.25, 0.3) is 0 Å². The van der Waals surface area contributed by atoms with E-state index in [1.165, 1.54) is 4.90 Å². The maximum absolute atomic E-state index is 12.8. The summed E-state index contributed by atoms with van der Waals surface area (Å²) < 4.78 is 0. The molecule has 1 fully saturated rings. The number of amides is 2. The lowest BCUT2D eigenvalue weighted by atomic mass is 10.1. The molecular weight excluding hydrogens is 300 g/mol. The van der Waals surface area contributed by atoms with E-state index in [1.54, 1.807) is 0 Å². The van der Waals surface area contributed by atoms with Crippen LogP contribution in [0.3, 0.4) is 0 Å². The van der Waals surface area contributed by atoms with Crippen molar-refractivity contribution in [2.45, 2.75) is 39.2 Å². The molecule has 0 spiro atoms. The summed E-state index contributed by atoms with van der Waals surface area (Å²) in [6, 6.07) is 15.0. The highest BCUT2D eigenvalue weighted by Crippen LogP contribution is 2.29. The lowest BCUT2D eigenvalue weighted by Crippen LogP contribution is -2.35. The predicted octanol–water partition coefficient (Wildman–Crippen LogP) is 3.56. The summed E-state index contributed by atoms with van der Waals surface area (Å²) >= 11 is 0. The summed E-state index contributed by atoms with van der Waals surface area (Å²) in [5.74, 6) is -0.320. The first-order valence-corrected chi connectivity index (χ1v) is 8.44. The number of rotatable bonds is 5. The highest BCUT2D eigenvalue weighted by atomic mass is 16.2. The van der Waals surface area contributed by atoms with E-state index >= 15 is 0 Å². The fourth-order valence-electron chi connectivity index (χ4n) is 3.18. The Balaban J connectivity index is 1.87. The third-order valence-corrected chi connectivity index (χ3v) is 4.49. The smallest absolute Gasteiger partial charge is 0.256 e. The van der Waals surface area contributed by atoms with Gasteiger partial charge in [-0.1, -0.05) is 50.2 Å². The Kier molecular flexibility index (Phi) is 4.65. The van der Waals surface area contributed by atoms with Crippen molar-refractivity contribution < 1.29 is 9.59 Å². The van der Waals surface area contributed by atoms with Gasteiger partial charge in [0.05, 0.1) is 12.1 Å². The Hall–Kier alpha value is -2.62. The van der Waals surface area contributed by atoms with Crippen LogP contribution in [0.4, 0.5) is 11.4 Å². The first-order valence-electron chi connectivity index (χ1n) is 8.44. The van der Waals surface area contributed by atoms with E-state index in [1.807, 2.05) is 55.5 Å². The van der Waals surface area contributed by atoms with Crippen LogP contribution < -0.4 is 10.2 Å². The van der Waals surface area contributed by atoms with Crippen molar-refractivity contribution in [2.75, 3.05) is 10.2 Å². The molecule has 0 bridgehead atoms. The van der Waals surface area contributed by atoms with Gasteiger partial charge in [-0.3, -0.25) is 9.59 Å². The van der Waals surface area contributed by atoms with Crippen LogP contribution in [0, 0.1) is 0 Å². The number of anilines is 2. The van der Waals surface area contributed by atoms with E-state index in [-0.39, 0.29) is 18.2 Å². The fraction of sp³-hybridized carbons (Fsp3) is 0.300. The van der Waals surface area contributed by atoms with E-state index < -0.39 is 6.04 Å². The van der Waals surface area contributed by atoms with Crippen molar-refractivity contribution in [3.05, 3.63) is 59.7 Å². The van der Waals surface area contributed by atoms with Gasteiger partial charge in [-0.15, -0.1) is 0 Å². The molecule has 2 aromatic rings. The summed E-state index contributed by atoms with van der Waals surface area (Å²) in [7, 11) is 0. The number of benzene rings is 2. The molecule has 0 unspecified atom stereocenters. The molecule has 2 amide bonds. The van der Waals surface area contributed by atoms with Gasteiger partial charge in [0.15, 0.2) is 0 Å². The van der Waals surface area contributed by atoms with E-state index in [4.69, 9.17) is 0 Å². The largest absolute Gasteiger partial charge is 0.373 e. The second-order valence-electron chi connectivity index (χ2n) is 5.96. The highest BCUT2D eigenvalue weighted by Gasteiger charge is 2.40. The molecule has 0 saturated carbocycles. The predicted molar refractivity (Wildman–Crippen MR) is 96.2 cm³/mol. The summed E-state index contributed by atoms with van der Waals surface area (Å²) in [4.78, 5) is 26.6. The molecule has 0 aliphatic carbocycles. The van der Waals surface area contributed by atoms with Gasteiger partial charge < -0.3 is 5.32 Å². The van der Waals surface area contributed by atoms with Gasteiger partial charge in [-0.2, -0.15) is 0 Å². The zero-order valence-corrected chi connectivity index (χ0v) is 14.1. The average molecular weight is 322 g/mol. The molecule has 1 heterocycles. The van der Waals surface area contributed by atoms with Gasteiger partial charge in [0, 0.05) is 5.69 Å². The van der Waals surface area contributed by atoms with E-state index in [0.29, 0.717) is 5.69 Å². The molecule has 3 rings (SSSR count). The molecule has 1 N–H and O–H groups in total. The van der Waals surface area contributed by atoms with Gasteiger partial charge in [0.25, 0.3) is 5.91 Å². The number of imide groups is 1. The maximum Gasteiger partial charge on any atom is 0.256 e. The summed E-state index contributed by atoms with van der Waals surface area (Å²) in [6.45, 7) is 4.10. The minimum absolute atomic E-state index is 0.146. The molecule has 2 aromatic carbocycles. The molecule has 1 atom stereocenters. The van der Waals surface area contributed by atoms with Crippen LogP contribution in [0.2, 0.25) is 0 Å². The number of aryl methyl sites for hydroxylation is 2. The van der Waals surface area contributed by atoms with Gasteiger partial charge >= 0.3 is 0 Å². The number of para-hydroxylation sites is 2. The Morgan fingerprint density at radius 2 is 1.58 bits per heavy atom. The van der Waals surface area contributed by atoms with Crippen LogP contribution in [0.15, 0.2) is 48.5 Å². The highest BCUT2D eigenvalue weighted by molar-refractivity contribution is 6.23.